The van der Waals surface area contributed by atoms with Crippen LogP contribution in [0.1, 0.15) is 61.1 Å². The molecule has 1 aromatic carbocycles. The fourth-order valence-electron chi connectivity index (χ4n) is 3.33. The van der Waals surface area contributed by atoms with E-state index in [1.165, 1.54) is 24.0 Å². The number of alkyl halides is 2. The highest BCUT2D eigenvalue weighted by molar-refractivity contribution is 5.95. The number of nitrogens with one attached hydrogen (secondary N) is 2. The number of unbranched alkanes of at least 4 members (excludes halogenated alkanes) is 2. The molecule has 186 valence electrons. The maximum atomic E-state index is 14.1. The van der Waals surface area contributed by atoms with Gasteiger partial charge in [-0.25, -0.2) is 4.39 Å². The summed E-state index contributed by atoms with van der Waals surface area (Å²) in [4.78, 5) is 25.2. The number of aromatic nitrogens is 1. The van der Waals surface area contributed by atoms with Gasteiger partial charge < -0.3 is 20.2 Å². The van der Waals surface area contributed by atoms with Gasteiger partial charge >= 0.3 is 6.61 Å². The standard InChI is InChI=1S/C24H30F3N3O4/c1-4-6-8-9-18(17-15-16(25)10-11-20(17)34-24(26)27)29-30-13-12-19(31)22(33-14-7-5-2)21(30)23(32)28-3/h4,10-13,15,18,24,29H,1,5-9,14H2,2-3H3,(H,28,32). The topological polar surface area (TPSA) is 81.6 Å². The number of hydrogen-bond donors (Lipinski definition) is 2. The van der Waals surface area contributed by atoms with E-state index >= 15 is 0 Å². The summed E-state index contributed by atoms with van der Waals surface area (Å²) in [5, 5.41) is 2.48. The molecule has 7 nitrogen and oxygen atoms in total. The number of rotatable bonds is 14. The van der Waals surface area contributed by atoms with Gasteiger partial charge in [-0.2, -0.15) is 8.78 Å². The molecule has 0 aliphatic heterocycles. The Kier molecular flexibility index (Phi) is 10.5. The van der Waals surface area contributed by atoms with Gasteiger partial charge in [-0.1, -0.05) is 19.4 Å². The van der Waals surface area contributed by atoms with Crippen molar-refractivity contribution >= 4 is 5.91 Å². The molecule has 0 saturated heterocycles. The lowest BCUT2D eigenvalue weighted by molar-refractivity contribution is -0.0506. The molecule has 10 heteroatoms. The molecular formula is C24H30F3N3O4. The Balaban J connectivity index is 2.56. The van der Waals surface area contributed by atoms with Gasteiger partial charge in [0.2, 0.25) is 5.43 Å². The molecule has 0 fully saturated rings. The normalized spacial score (nSPS) is 11.7. The number of halogens is 3. The van der Waals surface area contributed by atoms with Crippen LogP contribution in [0.15, 0.2) is 47.9 Å². The minimum Gasteiger partial charge on any atom is -0.487 e. The van der Waals surface area contributed by atoms with E-state index in [-0.39, 0.29) is 29.4 Å². The summed E-state index contributed by atoms with van der Waals surface area (Å²) in [5.41, 5.74) is 2.61. The van der Waals surface area contributed by atoms with Crippen molar-refractivity contribution in [3.8, 4) is 11.5 Å². The maximum Gasteiger partial charge on any atom is 0.387 e. The highest BCUT2D eigenvalue weighted by atomic mass is 19.3. The van der Waals surface area contributed by atoms with E-state index in [0.29, 0.717) is 25.7 Å². The zero-order valence-corrected chi connectivity index (χ0v) is 19.3. The number of amides is 1. The lowest BCUT2D eigenvalue weighted by atomic mass is 10.00. The third-order valence-electron chi connectivity index (χ3n) is 5.00. The van der Waals surface area contributed by atoms with E-state index in [9.17, 15) is 22.8 Å². The molecule has 0 bridgehead atoms. The number of benzene rings is 1. The van der Waals surface area contributed by atoms with Gasteiger partial charge in [0.1, 0.15) is 11.6 Å². The Morgan fingerprint density at radius 2 is 2.03 bits per heavy atom. The predicted octanol–water partition coefficient (Wildman–Crippen LogP) is 4.77. The minimum absolute atomic E-state index is 0.0902. The summed E-state index contributed by atoms with van der Waals surface area (Å²) in [6, 6.07) is 3.73. The summed E-state index contributed by atoms with van der Waals surface area (Å²) in [5.74, 6) is -1.57. The molecule has 1 atom stereocenters. The fourth-order valence-corrected chi connectivity index (χ4v) is 3.33. The quantitative estimate of drug-likeness (QED) is 0.300. The minimum atomic E-state index is -3.11. The van der Waals surface area contributed by atoms with Crippen molar-refractivity contribution in [3.63, 3.8) is 0 Å². The molecule has 1 aromatic heterocycles. The van der Waals surface area contributed by atoms with Gasteiger partial charge in [0.05, 0.1) is 12.6 Å². The van der Waals surface area contributed by atoms with Crippen LogP contribution >= 0.6 is 0 Å². The molecule has 34 heavy (non-hydrogen) atoms. The van der Waals surface area contributed by atoms with Crippen LogP contribution in [0, 0.1) is 5.82 Å². The first-order valence-corrected chi connectivity index (χ1v) is 11.0. The van der Waals surface area contributed by atoms with E-state index in [1.807, 2.05) is 6.92 Å². The van der Waals surface area contributed by atoms with E-state index < -0.39 is 29.8 Å². The smallest absolute Gasteiger partial charge is 0.387 e. The number of carbonyl (C=O) groups excluding carboxylic acids is 1. The fraction of sp³-hybridized carbons (Fsp3) is 0.417. The van der Waals surface area contributed by atoms with Crippen molar-refractivity contribution in [2.45, 2.75) is 51.7 Å². The second-order valence-electron chi connectivity index (χ2n) is 7.47. The van der Waals surface area contributed by atoms with Gasteiger partial charge in [-0.15, -0.1) is 6.58 Å². The first-order chi connectivity index (χ1) is 16.3. The molecule has 0 aliphatic rings. The second kappa shape index (κ2) is 13.3. The molecule has 0 spiro atoms. The van der Waals surface area contributed by atoms with Crippen molar-refractivity contribution in [2.24, 2.45) is 0 Å². The zero-order valence-electron chi connectivity index (χ0n) is 19.3. The van der Waals surface area contributed by atoms with Crippen LogP contribution in [0.5, 0.6) is 11.5 Å². The van der Waals surface area contributed by atoms with Crippen LogP contribution < -0.4 is 25.6 Å². The summed E-state index contributed by atoms with van der Waals surface area (Å²) in [6.45, 7) is 2.76. The SMILES string of the molecule is C=CCCCC(Nn1ccc(=O)c(OCCCC)c1C(=O)NC)c1cc(F)ccc1OC(F)F. The lowest BCUT2D eigenvalue weighted by Crippen LogP contribution is -2.33. The van der Waals surface area contributed by atoms with Crippen molar-refractivity contribution in [1.29, 1.82) is 0 Å². The summed E-state index contributed by atoms with van der Waals surface area (Å²) in [7, 11) is 1.41. The van der Waals surface area contributed by atoms with Crippen molar-refractivity contribution < 1.29 is 27.4 Å². The maximum absolute atomic E-state index is 14.1. The molecule has 0 radical (unpaired) electrons. The van der Waals surface area contributed by atoms with Crippen LogP contribution in [0.3, 0.4) is 0 Å². The number of pyridine rings is 1. The van der Waals surface area contributed by atoms with Crippen LogP contribution in [0.4, 0.5) is 13.2 Å². The van der Waals surface area contributed by atoms with Crippen molar-refractivity contribution in [2.75, 3.05) is 19.1 Å². The van der Waals surface area contributed by atoms with Crippen LogP contribution in [0.25, 0.3) is 0 Å². The van der Waals surface area contributed by atoms with Crippen molar-refractivity contribution in [1.82, 2.24) is 9.99 Å². The van der Waals surface area contributed by atoms with Crippen LogP contribution in [-0.4, -0.2) is 30.8 Å². The molecule has 1 unspecified atom stereocenters. The Hall–Kier alpha value is -3.43. The summed E-state index contributed by atoms with van der Waals surface area (Å²) < 4.78 is 51.6. The van der Waals surface area contributed by atoms with Gasteiger partial charge in [0.15, 0.2) is 11.4 Å². The van der Waals surface area contributed by atoms with E-state index in [0.717, 1.165) is 24.6 Å². The van der Waals surface area contributed by atoms with Crippen molar-refractivity contribution in [3.05, 3.63) is 70.4 Å². The number of hydrogen-bond acceptors (Lipinski definition) is 5. The van der Waals surface area contributed by atoms with E-state index in [2.05, 4.69) is 22.1 Å². The number of carbonyl (C=O) groups is 1. The van der Waals surface area contributed by atoms with Crippen LogP contribution in [-0.2, 0) is 0 Å². The number of allylic oxidation sites excluding steroid dienone is 1. The Morgan fingerprint density at radius 3 is 2.68 bits per heavy atom. The molecule has 1 amide bonds. The average molecular weight is 482 g/mol. The average Bonchev–Trinajstić information content (AvgIpc) is 2.80. The molecule has 2 N–H and O–H groups in total. The van der Waals surface area contributed by atoms with E-state index in [4.69, 9.17) is 4.74 Å². The third kappa shape index (κ3) is 7.29. The first kappa shape index (κ1) is 26.8. The Bertz CT molecular complexity index is 1030. The Morgan fingerprint density at radius 1 is 1.26 bits per heavy atom. The van der Waals surface area contributed by atoms with Gasteiger partial charge in [0.25, 0.3) is 5.91 Å². The van der Waals surface area contributed by atoms with Gasteiger partial charge in [-0.3, -0.25) is 14.3 Å². The molecule has 0 aliphatic carbocycles. The predicted molar refractivity (Wildman–Crippen MR) is 124 cm³/mol. The molecular weight excluding hydrogens is 451 g/mol. The van der Waals surface area contributed by atoms with Crippen LogP contribution in [0.2, 0.25) is 0 Å². The molecule has 2 rings (SSSR count). The highest BCUT2D eigenvalue weighted by Crippen LogP contribution is 2.32. The monoisotopic (exact) mass is 481 g/mol. The van der Waals surface area contributed by atoms with Gasteiger partial charge in [0, 0.05) is 24.9 Å². The molecule has 2 aromatic rings. The largest absolute Gasteiger partial charge is 0.487 e. The lowest BCUT2D eigenvalue weighted by Gasteiger charge is -2.26. The third-order valence-corrected chi connectivity index (χ3v) is 5.00. The Labute approximate surface area is 196 Å². The molecule has 1 heterocycles. The summed E-state index contributed by atoms with van der Waals surface area (Å²) in [6.07, 6.45) is 6.11. The highest BCUT2D eigenvalue weighted by Gasteiger charge is 2.24. The zero-order chi connectivity index (χ0) is 25.1. The summed E-state index contributed by atoms with van der Waals surface area (Å²) >= 11 is 0. The van der Waals surface area contributed by atoms with E-state index in [1.54, 1.807) is 6.08 Å². The molecule has 0 saturated carbocycles. The second-order valence-corrected chi connectivity index (χ2v) is 7.47. The first-order valence-electron chi connectivity index (χ1n) is 11.0. The van der Waals surface area contributed by atoms with Gasteiger partial charge in [-0.05, 0) is 43.9 Å². The number of nitrogens with zero attached hydrogens (tertiary/aromatic N) is 1. The number of ether oxygens (including phenoxy) is 2.